The van der Waals surface area contributed by atoms with Crippen LogP contribution in [0.5, 0.6) is 5.75 Å². The van der Waals surface area contributed by atoms with Gasteiger partial charge in [-0.1, -0.05) is 12.1 Å². The zero-order valence-electron chi connectivity index (χ0n) is 17.2. The Morgan fingerprint density at radius 3 is 2.53 bits per heavy atom. The summed E-state index contributed by atoms with van der Waals surface area (Å²) in [4.78, 5) is 38.8. The fourth-order valence-electron chi connectivity index (χ4n) is 3.11. The molecule has 8 nitrogen and oxygen atoms in total. The first-order chi connectivity index (χ1) is 15.5. The van der Waals surface area contributed by atoms with Crippen LogP contribution in [0.15, 0.2) is 71.9 Å². The molecule has 4 rings (SSSR count). The quantitative estimate of drug-likeness (QED) is 0.557. The summed E-state index contributed by atoms with van der Waals surface area (Å²) in [5.41, 5.74) is 2.12. The smallest absolute Gasteiger partial charge is 0.293 e. The third-order valence-electron chi connectivity index (χ3n) is 4.81. The number of nitrogens with zero attached hydrogens (tertiary/aromatic N) is 3. The van der Waals surface area contributed by atoms with Crippen LogP contribution in [0.25, 0.3) is 11.8 Å². The molecule has 0 saturated carbocycles. The van der Waals surface area contributed by atoms with Crippen LogP contribution in [0, 0.1) is 0 Å². The molecule has 0 aliphatic carbocycles. The molecule has 1 aromatic heterocycles. The van der Waals surface area contributed by atoms with Crippen molar-refractivity contribution in [3.8, 4) is 11.4 Å². The largest absolute Gasteiger partial charge is 0.497 e. The minimum Gasteiger partial charge on any atom is -0.497 e. The molecular formula is C23H20N4O4S. The van der Waals surface area contributed by atoms with Crippen molar-refractivity contribution in [2.24, 2.45) is 0 Å². The molecule has 162 valence electrons. The van der Waals surface area contributed by atoms with E-state index < -0.39 is 0 Å². The first-order valence-electron chi connectivity index (χ1n) is 9.83. The second kappa shape index (κ2) is 9.52. The van der Waals surface area contributed by atoms with Gasteiger partial charge in [0.25, 0.3) is 17.1 Å². The number of methoxy groups -OCH3 is 1. The maximum absolute atomic E-state index is 12.6. The predicted molar refractivity (Wildman–Crippen MR) is 122 cm³/mol. The summed E-state index contributed by atoms with van der Waals surface area (Å²) in [6, 6.07) is 16.0. The van der Waals surface area contributed by atoms with E-state index in [2.05, 4.69) is 10.4 Å². The van der Waals surface area contributed by atoms with Crippen molar-refractivity contribution >= 4 is 34.9 Å². The number of hydrogen-bond donors (Lipinski definition) is 1. The predicted octanol–water partition coefficient (Wildman–Crippen LogP) is 3.35. The molecule has 3 aromatic rings. The van der Waals surface area contributed by atoms with Gasteiger partial charge in [-0.15, -0.1) is 0 Å². The molecule has 0 unspecified atom stereocenters. The number of carbonyl (C=O) groups excluding carboxylic acids is 3. The van der Waals surface area contributed by atoms with Crippen LogP contribution in [-0.4, -0.2) is 51.9 Å². The highest BCUT2D eigenvalue weighted by Crippen LogP contribution is 2.32. The van der Waals surface area contributed by atoms with Crippen molar-refractivity contribution in [2.75, 3.05) is 20.2 Å². The molecule has 1 saturated heterocycles. The van der Waals surface area contributed by atoms with Crippen LogP contribution < -0.4 is 10.1 Å². The average Bonchev–Trinajstić information content (AvgIpc) is 3.44. The summed E-state index contributed by atoms with van der Waals surface area (Å²) in [7, 11) is 1.58. The summed E-state index contributed by atoms with van der Waals surface area (Å²) in [5, 5.41) is 6.54. The Morgan fingerprint density at radius 1 is 1.12 bits per heavy atom. The highest BCUT2D eigenvalue weighted by atomic mass is 32.2. The van der Waals surface area contributed by atoms with Crippen molar-refractivity contribution in [1.82, 2.24) is 20.0 Å². The van der Waals surface area contributed by atoms with E-state index in [1.165, 1.54) is 0 Å². The van der Waals surface area contributed by atoms with E-state index in [0.29, 0.717) is 16.2 Å². The number of thioether (sulfide) groups is 1. The van der Waals surface area contributed by atoms with Gasteiger partial charge in [-0.25, -0.2) is 4.68 Å². The standard InChI is InChI=1S/C23H20N4O4S/c1-31-19-9-3-16(4-10-19)15-20-22(29)26(23(30)32-20)14-12-24-21(28)17-5-7-18(8-6-17)27-13-2-11-25-27/h2-11,13,15H,12,14H2,1H3,(H,24,28)/b20-15+. The minimum absolute atomic E-state index is 0.0989. The zero-order valence-corrected chi connectivity index (χ0v) is 18.0. The van der Waals surface area contributed by atoms with E-state index in [-0.39, 0.29) is 30.1 Å². The Kier molecular flexibility index (Phi) is 6.37. The Balaban J connectivity index is 1.32. The molecule has 9 heteroatoms. The number of rotatable bonds is 7. The SMILES string of the molecule is COc1ccc(/C=C2/SC(=O)N(CCNC(=O)c3ccc(-n4cccn4)cc3)C2=O)cc1. The summed E-state index contributed by atoms with van der Waals surface area (Å²) < 4.78 is 6.81. The minimum atomic E-state index is -0.367. The monoisotopic (exact) mass is 448 g/mol. The number of amides is 3. The molecule has 1 aliphatic rings. The van der Waals surface area contributed by atoms with E-state index in [0.717, 1.165) is 27.9 Å². The Morgan fingerprint density at radius 2 is 1.88 bits per heavy atom. The molecule has 2 aromatic carbocycles. The van der Waals surface area contributed by atoms with Crippen LogP contribution in [0.4, 0.5) is 4.79 Å². The molecule has 0 radical (unpaired) electrons. The van der Waals surface area contributed by atoms with Gasteiger partial charge >= 0.3 is 0 Å². The van der Waals surface area contributed by atoms with Gasteiger partial charge in [-0.2, -0.15) is 5.10 Å². The van der Waals surface area contributed by atoms with E-state index in [1.54, 1.807) is 60.5 Å². The van der Waals surface area contributed by atoms with E-state index >= 15 is 0 Å². The summed E-state index contributed by atoms with van der Waals surface area (Å²) in [5.74, 6) is 0.0634. The van der Waals surface area contributed by atoms with Gasteiger partial charge < -0.3 is 10.1 Å². The van der Waals surface area contributed by atoms with Crippen LogP contribution in [-0.2, 0) is 4.79 Å². The number of hydrogen-bond acceptors (Lipinski definition) is 6. The molecule has 1 N–H and O–H groups in total. The lowest BCUT2D eigenvalue weighted by Crippen LogP contribution is -2.37. The Labute approximate surface area is 188 Å². The van der Waals surface area contributed by atoms with Crippen molar-refractivity contribution in [3.05, 3.63) is 83.0 Å². The average molecular weight is 449 g/mol. The van der Waals surface area contributed by atoms with Gasteiger partial charge in [0.15, 0.2) is 0 Å². The van der Waals surface area contributed by atoms with Gasteiger partial charge in [0.2, 0.25) is 0 Å². The number of nitrogens with one attached hydrogen (secondary N) is 1. The highest BCUT2D eigenvalue weighted by Gasteiger charge is 2.34. The normalized spacial score (nSPS) is 14.8. The zero-order chi connectivity index (χ0) is 22.5. The summed E-state index contributed by atoms with van der Waals surface area (Å²) >= 11 is 0.888. The van der Waals surface area contributed by atoms with Crippen molar-refractivity contribution < 1.29 is 19.1 Å². The maximum atomic E-state index is 12.6. The fraction of sp³-hybridized carbons (Fsp3) is 0.130. The lowest BCUT2D eigenvalue weighted by molar-refractivity contribution is -0.122. The van der Waals surface area contributed by atoms with Crippen molar-refractivity contribution in [2.45, 2.75) is 0 Å². The van der Waals surface area contributed by atoms with Crippen LogP contribution in [0.2, 0.25) is 0 Å². The summed E-state index contributed by atoms with van der Waals surface area (Å²) in [6.45, 7) is 0.259. The molecule has 1 fully saturated rings. The maximum Gasteiger partial charge on any atom is 0.293 e. The molecule has 0 bridgehead atoms. The molecule has 2 heterocycles. The second-order valence-electron chi connectivity index (χ2n) is 6.86. The van der Waals surface area contributed by atoms with Crippen molar-refractivity contribution in [1.29, 1.82) is 0 Å². The van der Waals surface area contributed by atoms with Crippen molar-refractivity contribution in [3.63, 3.8) is 0 Å². The fourth-order valence-corrected chi connectivity index (χ4v) is 3.98. The molecule has 32 heavy (non-hydrogen) atoms. The van der Waals surface area contributed by atoms with Gasteiger partial charge in [-0.3, -0.25) is 19.3 Å². The topological polar surface area (TPSA) is 93.5 Å². The van der Waals surface area contributed by atoms with Crippen LogP contribution in [0.1, 0.15) is 15.9 Å². The Hall–Kier alpha value is -3.85. The van der Waals surface area contributed by atoms with Gasteiger partial charge in [0, 0.05) is 31.0 Å². The van der Waals surface area contributed by atoms with E-state index in [4.69, 9.17) is 4.74 Å². The first kappa shape index (κ1) is 21.4. The van der Waals surface area contributed by atoms with Crippen LogP contribution >= 0.6 is 11.8 Å². The first-order valence-corrected chi connectivity index (χ1v) is 10.6. The highest BCUT2D eigenvalue weighted by molar-refractivity contribution is 8.18. The third-order valence-corrected chi connectivity index (χ3v) is 5.71. The number of ether oxygens (including phenoxy) is 1. The van der Waals surface area contributed by atoms with Crippen LogP contribution in [0.3, 0.4) is 0 Å². The van der Waals surface area contributed by atoms with Gasteiger partial charge in [0.1, 0.15) is 5.75 Å². The third kappa shape index (κ3) is 4.73. The lowest BCUT2D eigenvalue weighted by atomic mass is 10.2. The Bertz CT molecular complexity index is 1160. The molecular weight excluding hydrogens is 428 g/mol. The molecule has 0 atom stereocenters. The molecule has 3 amide bonds. The number of carbonyl (C=O) groups is 3. The summed E-state index contributed by atoms with van der Waals surface area (Å²) in [6.07, 6.45) is 5.16. The number of imide groups is 1. The second-order valence-corrected chi connectivity index (χ2v) is 7.85. The molecule has 0 spiro atoms. The van der Waals surface area contributed by atoms with Gasteiger partial charge in [-0.05, 0) is 65.9 Å². The van der Waals surface area contributed by atoms with Gasteiger partial charge in [0.05, 0.1) is 17.7 Å². The lowest BCUT2D eigenvalue weighted by Gasteiger charge is -2.13. The number of aromatic nitrogens is 2. The number of benzene rings is 2. The van der Waals surface area contributed by atoms with E-state index in [9.17, 15) is 14.4 Å². The molecule has 1 aliphatic heterocycles. The van der Waals surface area contributed by atoms with E-state index in [1.807, 2.05) is 24.4 Å².